The molecule has 1 saturated heterocycles. The normalized spacial score (nSPS) is 20.1. The number of hydrogen-bond donors (Lipinski definition) is 1. The Morgan fingerprint density at radius 2 is 2.08 bits per heavy atom. The van der Waals surface area contributed by atoms with Crippen molar-refractivity contribution in [1.82, 2.24) is 24.6 Å². The van der Waals surface area contributed by atoms with E-state index in [1.165, 1.54) is 12.1 Å². The first-order valence-corrected chi connectivity index (χ1v) is 9.45. The SMILES string of the molecule is Cc1nc([C@@H]2CCCN(C(=O)c3nn(C)c4c3CCCC4)C2)cc(=O)[nH]1. The summed E-state index contributed by atoms with van der Waals surface area (Å²) in [6.45, 7) is 3.12. The van der Waals surface area contributed by atoms with Crippen LogP contribution in [0.25, 0.3) is 0 Å². The van der Waals surface area contributed by atoms with E-state index in [-0.39, 0.29) is 17.4 Å². The summed E-state index contributed by atoms with van der Waals surface area (Å²) in [4.78, 5) is 34.0. The molecule has 0 bridgehead atoms. The molecule has 2 aliphatic rings. The fraction of sp³-hybridized carbons (Fsp3) is 0.579. The Morgan fingerprint density at radius 3 is 2.88 bits per heavy atom. The van der Waals surface area contributed by atoms with E-state index in [1.807, 2.05) is 16.6 Å². The molecule has 0 saturated carbocycles. The monoisotopic (exact) mass is 355 g/mol. The number of aromatic nitrogens is 4. The van der Waals surface area contributed by atoms with E-state index >= 15 is 0 Å². The van der Waals surface area contributed by atoms with Gasteiger partial charge in [0, 0.05) is 43.4 Å². The molecule has 3 heterocycles. The summed E-state index contributed by atoms with van der Waals surface area (Å²) in [5, 5.41) is 4.55. The number of amides is 1. The first-order valence-electron chi connectivity index (χ1n) is 9.45. The van der Waals surface area contributed by atoms with Crippen molar-refractivity contribution in [1.29, 1.82) is 0 Å². The van der Waals surface area contributed by atoms with Crippen LogP contribution in [0.4, 0.5) is 0 Å². The number of nitrogens with zero attached hydrogens (tertiary/aromatic N) is 4. The van der Waals surface area contributed by atoms with Gasteiger partial charge in [0.05, 0.1) is 5.69 Å². The van der Waals surface area contributed by atoms with Gasteiger partial charge in [0.1, 0.15) is 5.82 Å². The summed E-state index contributed by atoms with van der Waals surface area (Å²) in [5.74, 6) is 0.748. The van der Waals surface area contributed by atoms with E-state index in [9.17, 15) is 9.59 Å². The standard InChI is InChI=1S/C19H25N5O2/c1-12-20-15(10-17(25)21-12)13-6-5-9-24(11-13)19(26)18-14-7-3-4-8-16(14)23(2)22-18/h10,13H,3-9,11H2,1-2H3,(H,20,21,25)/t13-/m1/s1. The lowest BCUT2D eigenvalue weighted by Gasteiger charge is -2.32. The minimum atomic E-state index is -0.130. The molecule has 26 heavy (non-hydrogen) atoms. The third kappa shape index (κ3) is 3.06. The number of rotatable bonds is 2. The van der Waals surface area contributed by atoms with Gasteiger partial charge in [0.2, 0.25) is 0 Å². The summed E-state index contributed by atoms with van der Waals surface area (Å²) >= 11 is 0. The van der Waals surface area contributed by atoms with Crippen LogP contribution in [0, 0.1) is 6.92 Å². The van der Waals surface area contributed by atoms with Gasteiger partial charge < -0.3 is 9.88 Å². The van der Waals surface area contributed by atoms with Crippen LogP contribution in [0.15, 0.2) is 10.9 Å². The first kappa shape index (κ1) is 17.0. The summed E-state index contributed by atoms with van der Waals surface area (Å²) < 4.78 is 1.88. The van der Waals surface area contributed by atoms with Crippen LogP contribution >= 0.6 is 0 Å². The lowest BCUT2D eigenvalue weighted by Crippen LogP contribution is -2.40. The number of likely N-dealkylation sites (tertiary alicyclic amines) is 1. The molecule has 1 atom stereocenters. The Kier molecular flexibility index (Phi) is 4.38. The van der Waals surface area contributed by atoms with E-state index in [4.69, 9.17) is 0 Å². The molecule has 138 valence electrons. The molecule has 0 aromatic carbocycles. The van der Waals surface area contributed by atoms with Gasteiger partial charge in [0.15, 0.2) is 5.69 Å². The summed E-state index contributed by atoms with van der Waals surface area (Å²) in [6.07, 6.45) is 6.09. The highest BCUT2D eigenvalue weighted by atomic mass is 16.2. The zero-order chi connectivity index (χ0) is 18.3. The van der Waals surface area contributed by atoms with E-state index in [0.29, 0.717) is 18.1 Å². The molecule has 1 fully saturated rings. The number of carbonyl (C=O) groups is 1. The van der Waals surface area contributed by atoms with Crippen LogP contribution in [-0.2, 0) is 19.9 Å². The Balaban J connectivity index is 1.58. The second-order valence-electron chi connectivity index (χ2n) is 7.45. The molecule has 0 unspecified atom stereocenters. The molecule has 4 rings (SSSR count). The van der Waals surface area contributed by atoms with Crippen molar-refractivity contribution >= 4 is 5.91 Å². The lowest BCUT2D eigenvalue weighted by molar-refractivity contribution is 0.0698. The van der Waals surface area contributed by atoms with Gasteiger partial charge in [-0.1, -0.05) is 0 Å². The quantitative estimate of drug-likeness (QED) is 0.889. The van der Waals surface area contributed by atoms with Gasteiger partial charge in [-0.15, -0.1) is 0 Å². The predicted octanol–water partition coefficient (Wildman–Crippen LogP) is 1.71. The minimum Gasteiger partial charge on any atom is -0.337 e. The van der Waals surface area contributed by atoms with Crippen molar-refractivity contribution < 1.29 is 4.79 Å². The van der Waals surface area contributed by atoms with Crippen LogP contribution in [0.2, 0.25) is 0 Å². The molecule has 1 aliphatic carbocycles. The van der Waals surface area contributed by atoms with Crippen LogP contribution in [-0.4, -0.2) is 43.6 Å². The summed E-state index contributed by atoms with van der Waals surface area (Å²) in [5.41, 5.74) is 3.62. The molecule has 0 radical (unpaired) electrons. The number of hydrogen-bond acceptors (Lipinski definition) is 4. The number of carbonyl (C=O) groups excluding carboxylic acids is 1. The van der Waals surface area contributed by atoms with Crippen molar-refractivity contribution in [2.45, 2.75) is 51.4 Å². The smallest absolute Gasteiger partial charge is 0.274 e. The van der Waals surface area contributed by atoms with Crippen molar-refractivity contribution in [2.24, 2.45) is 7.05 Å². The van der Waals surface area contributed by atoms with Gasteiger partial charge in [0.25, 0.3) is 11.5 Å². The molecule has 2 aromatic rings. The van der Waals surface area contributed by atoms with Crippen molar-refractivity contribution in [2.75, 3.05) is 13.1 Å². The summed E-state index contributed by atoms with van der Waals surface area (Å²) in [7, 11) is 1.93. The highest BCUT2D eigenvalue weighted by molar-refractivity contribution is 5.94. The largest absolute Gasteiger partial charge is 0.337 e. The first-order chi connectivity index (χ1) is 12.5. The van der Waals surface area contributed by atoms with Gasteiger partial charge in [-0.2, -0.15) is 5.10 Å². The topological polar surface area (TPSA) is 83.9 Å². The van der Waals surface area contributed by atoms with Crippen molar-refractivity contribution in [3.05, 3.63) is 44.9 Å². The fourth-order valence-electron chi connectivity index (χ4n) is 4.31. The van der Waals surface area contributed by atoms with E-state index in [2.05, 4.69) is 15.1 Å². The van der Waals surface area contributed by atoms with E-state index in [1.54, 1.807) is 13.0 Å². The van der Waals surface area contributed by atoms with Crippen LogP contribution in [0.5, 0.6) is 0 Å². The Labute approximate surface area is 152 Å². The highest BCUT2D eigenvalue weighted by Gasteiger charge is 2.31. The summed E-state index contributed by atoms with van der Waals surface area (Å²) in [6, 6.07) is 1.56. The third-order valence-electron chi connectivity index (χ3n) is 5.57. The molecule has 2 aromatic heterocycles. The number of aromatic amines is 1. The third-order valence-corrected chi connectivity index (χ3v) is 5.57. The van der Waals surface area contributed by atoms with E-state index in [0.717, 1.165) is 49.9 Å². The zero-order valence-electron chi connectivity index (χ0n) is 15.4. The van der Waals surface area contributed by atoms with Gasteiger partial charge in [-0.3, -0.25) is 14.3 Å². The number of aryl methyl sites for hydroxylation is 2. The average molecular weight is 355 g/mol. The van der Waals surface area contributed by atoms with Crippen LogP contribution < -0.4 is 5.56 Å². The van der Waals surface area contributed by atoms with Crippen LogP contribution in [0.3, 0.4) is 0 Å². The van der Waals surface area contributed by atoms with Crippen molar-refractivity contribution in [3.63, 3.8) is 0 Å². The Hall–Kier alpha value is -2.44. The Morgan fingerprint density at radius 1 is 1.27 bits per heavy atom. The molecule has 1 amide bonds. The molecule has 1 N–H and O–H groups in total. The second-order valence-corrected chi connectivity index (χ2v) is 7.45. The average Bonchev–Trinajstić information content (AvgIpc) is 2.98. The molecular weight excluding hydrogens is 330 g/mol. The van der Waals surface area contributed by atoms with E-state index < -0.39 is 0 Å². The molecule has 7 nitrogen and oxygen atoms in total. The lowest BCUT2D eigenvalue weighted by atomic mass is 9.92. The highest BCUT2D eigenvalue weighted by Crippen LogP contribution is 2.29. The van der Waals surface area contributed by atoms with Crippen molar-refractivity contribution in [3.8, 4) is 0 Å². The Bertz CT molecular complexity index is 898. The minimum absolute atomic E-state index is 0.0232. The number of fused-ring (bicyclic) bond motifs is 1. The van der Waals surface area contributed by atoms with Gasteiger partial charge in [-0.25, -0.2) is 4.98 Å². The molecule has 7 heteroatoms. The maximum absolute atomic E-state index is 13.2. The predicted molar refractivity (Wildman–Crippen MR) is 97.3 cm³/mol. The number of nitrogens with one attached hydrogen (secondary N) is 1. The maximum Gasteiger partial charge on any atom is 0.274 e. The van der Waals surface area contributed by atoms with Gasteiger partial charge >= 0.3 is 0 Å². The van der Waals surface area contributed by atoms with Crippen LogP contribution in [0.1, 0.15) is 64.9 Å². The molecule has 1 aliphatic heterocycles. The number of piperidine rings is 1. The fourth-order valence-corrected chi connectivity index (χ4v) is 4.31. The number of H-pyrrole nitrogens is 1. The molecular formula is C19H25N5O2. The molecule has 0 spiro atoms. The zero-order valence-corrected chi connectivity index (χ0v) is 15.4. The maximum atomic E-state index is 13.2. The van der Waals surface area contributed by atoms with Gasteiger partial charge in [-0.05, 0) is 45.4 Å². The second kappa shape index (κ2) is 6.70.